The molecule has 42 heavy (non-hydrogen) atoms. The number of carbonyl (C=O) groups is 2. The summed E-state index contributed by atoms with van der Waals surface area (Å²) in [5, 5.41) is 8.28. The number of nitrogens with zero attached hydrogens (tertiary/aromatic N) is 4. The van der Waals surface area contributed by atoms with E-state index in [1.165, 1.54) is 4.88 Å². The maximum absolute atomic E-state index is 13.3. The van der Waals surface area contributed by atoms with E-state index in [9.17, 15) is 9.59 Å². The van der Waals surface area contributed by atoms with Gasteiger partial charge in [-0.1, -0.05) is 32.9 Å². The van der Waals surface area contributed by atoms with Crippen LogP contribution in [-0.4, -0.2) is 64.2 Å². The minimum Gasteiger partial charge on any atom is -0.351 e. The number of nitrogens with one attached hydrogen (secondary N) is 2. The van der Waals surface area contributed by atoms with Crippen molar-refractivity contribution in [3.63, 3.8) is 0 Å². The molecule has 0 radical (unpaired) electrons. The first-order valence-corrected chi connectivity index (χ1v) is 16.4. The van der Waals surface area contributed by atoms with Crippen LogP contribution in [0.25, 0.3) is 11.0 Å². The number of piperidine rings is 1. The Kier molecular flexibility index (Phi) is 10.2. The molecule has 1 aromatic carbocycles. The molecule has 2 N–H and O–H groups in total. The van der Waals surface area contributed by atoms with Crippen LogP contribution in [0.1, 0.15) is 92.8 Å². The summed E-state index contributed by atoms with van der Waals surface area (Å²) in [5.41, 5.74) is 3.55. The van der Waals surface area contributed by atoms with Crippen molar-refractivity contribution in [2.45, 2.75) is 90.3 Å². The predicted octanol–water partition coefficient (Wildman–Crippen LogP) is 5.89. The number of benzene rings is 1. The van der Waals surface area contributed by atoms with E-state index < -0.39 is 6.04 Å². The number of aromatic nitrogens is 2. The molecular formula is C33H44N6O2S. The molecule has 224 valence electrons. The molecule has 9 heteroatoms. The number of hydrogen-bond acceptors (Lipinski definition) is 6. The zero-order valence-electron chi connectivity index (χ0n) is 25.1. The van der Waals surface area contributed by atoms with Gasteiger partial charge >= 0.3 is 0 Å². The standard InChI is InChI=1S/C33H44N6O2S/c1-4-26(5-2)39-30-13-12-23(20-29(30)36-31(39)21-27-11-9-19-42-27)32(40)37-28(6-3)33(41)35-24-14-17-38(18-15-24)22-25-10-7-8-16-34-25/h9-13,16,19-20,24,26,28H,4-8,14-15,17-18,21-22H2,1-3H3,(H,35,41)(H,37,40)/t28-/m0/s1. The van der Waals surface area contributed by atoms with E-state index in [-0.39, 0.29) is 17.9 Å². The van der Waals surface area contributed by atoms with Gasteiger partial charge in [-0.25, -0.2) is 4.98 Å². The van der Waals surface area contributed by atoms with Crippen molar-refractivity contribution >= 4 is 40.4 Å². The second-order valence-corrected chi connectivity index (χ2v) is 12.4. The zero-order valence-corrected chi connectivity index (χ0v) is 26.0. The minimum atomic E-state index is -0.579. The smallest absolute Gasteiger partial charge is 0.252 e. The van der Waals surface area contributed by atoms with E-state index in [1.54, 1.807) is 11.3 Å². The second-order valence-electron chi connectivity index (χ2n) is 11.4. The third-order valence-electron chi connectivity index (χ3n) is 8.53. The molecule has 1 fully saturated rings. The number of imidazole rings is 1. The van der Waals surface area contributed by atoms with Crippen molar-refractivity contribution in [2.24, 2.45) is 4.99 Å². The summed E-state index contributed by atoms with van der Waals surface area (Å²) >= 11 is 1.74. The Hall–Kier alpha value is -3.30. The van der Waals surface area contributed by atoms with E-state index in [1.807, 2.05) is 31.3 Å². The molecule has 0 spiro atoms. The molecule has 2 aliphatic heterocycles. The van der Waals surface area contributed by atoms with Gasteiger partial charge in [0, 0.05) is 60.5 Å². The van der Waals surface area contributed by atoms with Gasteiger partial charge in [-0.3, -0.25) is 19.5 Å². The van der Waals surface area contributed by atoms with Crippen molar-refractivity contribution in [2.75, 3.05) is 19.6 Å². The van der Waals surface area contributed by atoms with Crippen LogP contribution < -0.4 is 10.6 Å². The molecule has 2 aromatic heterocycles. The number of aliphatic imine (C=N–C) groups is 1. The summed E-state index contributed by atoms with van der Waals surface area (Å²) in [7, 11) is 0. The Morgan fingerprint density at radius 3 is 2.55 bits per heavy atom. The normalized spacial score (nSPS) is 17.0. The number of fused-ring (bicyclic) bond motifs is 1. The topological polar surface area (TPSA) is 91.6 Å². The average molecular weight is 589 g/mol. The van der Waals surface area contributed by atoms with Crippen LogP contribution in [0, 0.1) is 0 Å². The van der Waals surface area contributed by atoms with Gasteiger partial charge in [0.15, 0.2) is 0 Å². The molecule has 4 heterocycles. The molecular weight excluding hydrogens is 544 g/mol. The van der Waals surface area contributed by atoms with Gasteiger partial charge in [0.1, 0.15) is 11.9 Å². The van der Waals surface area contributed by atoms with Crippen molar-refractivity contribution < 1.29 is 9.59 Å². The Morgan fingerprint density at radius 1 is 1.07 bits per heavy atom. The van der Waals surface area contributed by atoms with E-state index in [0.29, 0.717) is 18.0 Å². The van der Waals surface area contributed by atoms with Crippen LogP contribution >= 0.6 is 11.3 Å². The summed E-state index contributed by atoms with van der Waals surface area (Å²) in [6.07, 6.45) is 11.5. The molecule has 5 rings (SSSR count). The summed E-state index contributed by atoms with van der Waals surface area (Å²) in [4.78, 5) is 39.7. The maximum Gasteiger partial charge on any atom is 0.252 e. The lowest BCUT2D eigenvalue weighted by molar-refractivity contribution is -0.124. The van der Waals surface area contributed by atoms with Gasteiger partial charge in [-0.15, -0.1) is 11.3 Å². The molecule has 0 aliphatic carbocycles. The van der Waals surface area contributed by atoms with Gasteiger partial charge in [0.2, 0.25) is 5.91 Å². The number of carbonyl (C=O) groups excluding carboxylic acids is 2. The lowest BCUT2D eigenvalue weighted by Gasteiger charge is -2.33. The van der Waals surface area contributed by atoms with Crippen LogP contribution in [0.5, 0.6) is 0 Å². The molecule has 0 unspecified atom stereocenters. The number of allylic oxidation sites excluding steroid dienone is 1. The highest BCUT2D eigenvalue weighted by atomic mass is 32.1. The van der Waals surface area contributed by atoms with Crippen LogP contribution in [0.4, 0.5) is 0 Å². The number of amides is 2. The van der Waals surface area contributed by atoms with Crippen molar-refractivity contribution in [1.29, 1.82) is 0 Å². The fraction of sp³-hybridized carbons (Fsp3) is 0.515. The van der Waals surface area contributed by atoms with Gasteiger partial charge in [-0.05, 0) is 74.6 Å². The average Bonchev–Trinajstić information content (AvgIpc) is 3.65. The molecule has 3 aromatic rings. The Bertz CT molecular complexity index is 1410. The Balaban J connectivity index is 1.21. The molecule has 1 saturated heterocycles. The lowest BCUT2D eigenvalue weighted by atomic mass is 10.0. The number of likely N-dealkylation sites (tertiary alicyclic amines) is 1. The molecule has 2 amide bonds. The first-order chi connectivity index (χ1) is 20.5. The largest absolute Gasteiger partial charge is 0.351 e. The Morgan fingerprint density at radius 2 is 1.88 bits per heavy atom. The first-order valence-electron chi connectivity index (χ1n) is 15.6. The van der Waals surface area contributed by atoms with Crippen molar-refractivity contribution in [3.8, 4) is 0 Å². The lowest BCUT2D eigenvalue weighted by Crippen LogP contribution is -2.52. The van der Waals surface area contributed by atoms with Crippen molar-refractivity contribution in [3.05, 3.63) is 63.7 Å². The monoisotopic (exact) mass is 588 g/mol. The van der Waals surface area contributed by atoms with E-state index in [2.05, 4.69) is 62.5 Å². The third-order valence-corrected chi connectivity index (χ3v) is 9.40. The quantitative estimate of drug-likeness (QED) is 0.276. The molecule has 8 nitrogen and oxygen atoms in total. The van der Waals surface area contributed by atoms with Gasteiger partial charge < -0.3 is 15.2 Å². The van der Waals surface area contributed by atoms with E-state index >= 15 is 0 Å². The number of hydrogen-bond donors (Lipinski definition) is 2. The van der Waals surface area contributed by atoms with E-state index in [0.717, 1.165) is 87.1 Å². The fourth-order valence-electron chi connectivity index (χ4n) is 6.07. The fourth-order valence-corrected chi connectivity index (χ4v) is 6.77. The number of rotatable bonds is 12. The van der Waals surface area contributed by atoms with Crippen LogP contribution in [0.2, 0.25) is 0 Å². The zero-order chi connectivity index (χ0) is 29.5. The molecule has 0 saturated carbocycles. The molecule has 1 atom stereocenters. The molecule has 0 bridgehead atoms. The SMILES string of the molecule is CCC(CC)n1c(Cc2cccs2)nc2cc(C(=O)N[C@@H](CC)C(=O)NC3CCN(CC4=CCCC=N4)CC3)ccc21. The first kappa shape index (κ1) is 30.2. The third kappa shape index (κ3) is 7.18. The van der Waals surface area contributed by atoms with Gasteiger partial charge in [-0.2, -0.15) is 0 Å². The van der Waals surface area contributed by atoms with Crippen LogP contribution in [0.3, 0.4) is 0 Å². The van der Waals surface area contributed by atoms with E-state index in [4.69, 9.17) is 4.98 Å². The predicted molar refractivity (Wildman–Crippen MR) is 171 cm³/mol. The summed E-state index contributed by atoms with van der Waals surface area (Å²) in [6, 6.07) is 9.84. The van der Waals surface area contributed by atoms with Crippen LogP contribution in [-0.2, 0) is 11.2 Å². The van der Waals surface area contributed by atoms with Crippen LogP contribution in [0.15, 0.2) is 52.5 Å². The number of thiophene rings is 1. The highest BCUT2D eigenvalue weighted by Gasteiger charge is 2.26. The Labute approximate surface area is 253 Å². The summed E-state index contributed by atoms with van der Waals surface area (Å²) in [6.45, 7) is 9.09. The van der Waals surface area contributed by atoms with Crippen molar-refractivity contribution in [1.82, 2.24) is 25.1 Å². The van der Waals surface area contributed by atoms with Gasteiger partial charge in [0.25, 0.3) is 5.91 Å². The molecule has 2 aliphatic rings. The summed E-state index contributed by atoms with van der Waals surface area (Å²) < 4.78 is 2.35. The maximum atomic E-state index is 13.3. The second kappa shape index (κ2) is 14.2. The van der Waals surface area contributed by atoms with Gasteiger partial charge in [0.05, 0.1) is 11.0 Å². The summed E-state index contributed by atoms with van der Waals surface area (Å²) in [5.74, 6) is 0.673. The highest BCUT2D eigenvalue weighted by molar-refractivity contribution is 7.09. The minimum absolute atomic E-state index is 0.110. The highest BCUT2D eigenvalue weighted by Crippen LogP contribution is 2.28.